The number of aryl methyl sites for hydroxylation is 1. The maximum atomic E-state index is 12.1. The lowest BCUT2D eigenvalue weighted by molar-refractivity contribution is -0.384. The SMILES string of the molecule is Cn1ccc(CNC(=O)c2cc([N+](=O)[O-])ccc2NN)n1. The molecule has 0 saturated carbocycles. The van der Waals surface area contributed by atoms with Gasteiger partial charge < -0.3 is 10.7 Å². The van der Waals surface area contributed by atoms with Gasteiger partial charge in [-0.2, -0.15) is 5.10 Å². The van der Waals surface area contributed by atoms with E-state index in [1.54, 1.807) is 24.0 Å². The van der Waals surface area contributed by atoms with Crippen molar-refractivity contribution in [1.82, 2.24) is 15.1 Å². The number of nitro groups is 1. The van der Waals surface area contributed by atoms with Crippen LogP contribution in [0.15, 0.2) is 30.5 Å². The number of non-ortho nitro benzene ring substituents is 1. The van der Waals surface area contributed by atoms with Gasteiger partial charge in [0.2, 0.25) is 0 Å². The van der Waals surface area contributed by atoms with Crippen molar-refractivity contribution in [3.8, 4) is 0 Å². The average molecular weight is 290 g/mol. The van der Waals surface area contributed by atoms with E-state index in [2.05, 4.69) is 15.8 Å². The number of benzene rings is 1. The number of nitrogens with two attached hydrogens (primary N) is 1. The Morgan fingerprint density at radius 2 is 2.24 bits per heavy atom. The van der Waals surface area contributed by atoms with E-state index in [-0.39, 0.29) is 17.8 Å². The van der Waals surface area contributed by atoms with Crippen molar-refractivity contribution < 1.29 is 9.72 Å². The van der Waals surface area contributed by atoms with Gasteiger partial charge in [0.05, 0.1) is 28.4 Å². The predicted molar refractivity (Wildman–Crippen MR) is 75.3 cm³/mol. The fourth-order valence-electron chi connectivity index (χ4n) is 1.78. The lowest BCUT2D eigenvalue weighted by Gasteiger charge is -2.08. The van der Waals surface area contributed by atoms with Gasteiger partial charge >= 0.3 is 0 Å². The summed E-state index contributed by atoms with van der Waals surface area (Å²) in [5, 5.41) is 17.5. The number of anilines is 1. The molecule has 110 valence electrons. The Hall–Kier alpha value is -2.94. The molecule has 1 aromatic heterocycles. The summed E-state index contributed by atoms with van der Waals surface area (Å²) >= 11 is 0. The van der Waals surface area contributed by atoms with Crippen LogP contribution in [0.1, 0.15) is 16.1 Å². The van der Waals surface area contributed by atoms with Crippen LogP contribution in [0.3, 0.4) is 0 Å². The maximum Gasteiger partial charge on any atom is 0.270 e. The zero-order valence-electron chi connectivity index (χ0n) is 11.2. The Bertz CT molecular complexity index is 681. The monoisotopic (exact) mass is 290 g/mol. The molecule has 0 spiro atoms. The highest BCUT2D eigenvalue weighted by atomic mass is 16.6. The molecule has 0 aliphatic heterocycles. The van der Waals surface area contributed by atoms with Crippen LogP contribution in [0, 0.1) is 10.1 Å². The number of nitrogens with one attached hydrogen (secondary N) is 2. The van der Waals surface area contributed by atoms with Crippen LogP contribution in [0.4, 0.5) is 11.4 Å². The number of hydrogen-bond donors (Lipinski definition) is 3. The summed E-state index contributed by atoms with van der Waals surface area (Å²) in [7, 11) is 1.77. The number of amides is 1. The van der Waals surface area contributed by atoms with E-state index in [1.165, 1.54) is 18.2 Å². The Kier molecular flexibility index (Phi) is 4.14. The molecular weight excluding hydrogens is 276 g/mol. The third-order valence-electron chi connectivity index (χ3n) is 2.81. The number of nitro benzene ring substituents is 1. The molecule has 1 heterocycles. The molecule has 4 N–H and O–H groups in total. The number of rotatable bonds is 5. The van der Waals surface area contributed by atoms with Gasteiger partial charge in [0.1, 0.15) is 0 Å². The second-order valence-electron chi connectivity index (χ2n) is 4.29. The van der Waals surface area contributed by atoms with Crippen LogP contribution in [0.25, 0.3) is 0 Å². The maximum absolute atomic E-state index is 12.1. The summed E-state index contributed by atoms with van der Waals surface area (Å²) in [5.41, 5.74) is 3.24. The molecule has 0 unspecified atom stereocenters. The molecule has 2 aromatic rings. The highest BCUT2D eigenvalue weighted by Gasteiger charge is 2.16. The number of nitrogen functional groups attached to an aromatic ring is 1. The Morgan fingerprint density at radius 3 is 2.81 bits per heavy atom. The summed E-state index contributed by atoms with van der Waals surface area (Å²) in [6, 6.07) is 5.58. The van der Waals surface area contributed by atoms with Gasteiger partial charge in [0, 0.05) is 25.4 Å². The van der Waals surface area contributed by atoms with E-state index in [1.807, 2.05) is 0 Å². The van der Waals surface area contributed by atoms with Crippen molar-refractivity contribution in [2.24, 2.45) is 12.9 Å². The van der Waals surface area contributed by atoms with Crippen molar-refractivity contribution in [2.75, 3.05) is 5.43 Å². The molecule has 9 heteroatoms. The van der Waals surface area contributed by atoms with Gasteiger partial charge in [-0.25, -0.2) is 0 Å². The van der Waals surface area contributed by atoms with Crippen molar-refractivity contribution >= 4 is 17.3 Å². The van der Waals surface area contributed by atoms with Crippen LogP contribution in [-0.4, -0.2) is 20.6 Å². The summed E-state index contributed by atoms with van der Waals surface area (Å²) in [6.07, 6.45) is 1.75. The average Bonchev–Trinajstić information content (AvgIpc) is 2.89. The summed E-state index contributed by atoms with van der Waals surface area (Å²) in [6.45, 7) is 0.215. The number of carbonyl (C=O) groups excluding carboxylic acids is 1. The van der Waals surface area contributed by atoms with Crippen LogP contribution < -0.4 is 16.6 Å². The van der Waals surface area contributed by atoms with Crippen molar-refractivity contribution in [1.29, 1.82) is 0 Å². The van der Waals surface area contributed by atoms with Crippen molar-refractivity contribution in [3.63, 3.8) is 0 Å². The molecule has 0 radical (unpaired) electrons. The number of carbonyl (C=O) groups is 1. The van der Waals surface area contributed by atoms with E-state index in [4.69, 9.17) is 5.84 Å². The zero-order chi connectivity index (χ0) is 15.4. The van der Waals surface area contributed by atoms with Gasteiger partial charge in [-0.15, -0.1) is 0 Å². The van der Waals surface area contributed by atoms with Gasteiger partial charge in [-0.1, -0.05) is 0 Å². The van der Waals surface area contributed by atoms with Crippen LogP contribution in [0.5, 0.6) is 0 Å². The molecule has 1 aromatic carbocycles. The molecule has 1 amide bonds. The molecule has 9 nitrogen and oxygen atoms in total. The van der Waals surface area contributed by atoms with E-state index >= 15 is 0 Å². The lowest BCUT2D eigenvalue weighted by atomic mass is 10.1. The number of nitrogens with zero attached hydrogens (tertiary/aromatic N) is 3. The first-order valence-corrected chi connectivity index (χ1v) is 6.03. The quantitative estimate of drug-likeness (QED) is 0.419. The Labute approximate surface area is 119 Å². The van der Waals surface area contributed by atoms with Gasteiger partial charge in [-0.05, 0) is 12.1 Å². The van der Waals surface area contributed by atoms with Gasteiger partial charge in [-0.3, -0.25) is 25.4 Å². The minimum atomic E-state index is -0.574. The minimum absolute atomic E-state index is 0.0997. The van der Waals surface area contributed by atoms with Gasteiger partial charge in [0.15, 0.2) is 0 Å². The Morgan fingerprint density at radius 1 is 1.48 bits per heavy atom. The molecule has 0 fully saturated rings. The largest absolute Gasteiger partial charge is 0.346 e. The normalized spacial score (nSPS) is 10.2. The number of aromatic nitrogens is 2. The first-order chi connectivity index (χ1) is 10.0. The molecular formula is C12H14N6O3. The predicted octanol–water partition coefficient (Wildman–Crippen LogP) is 0.544. The summed E-state index contributed by atoms with van der Waals surface area (Å²) < 4.78 is 1.61. The molecule has 0 bridgehead atoms. The summed E-state index contributed by atoms with van der Waals surface area (Å²) in [5.74, 6) is 4.83. The number of hydrogen-bond acceptors (Lipinski definition) is 6. The second kappa shape index (κ2) is 6.01. The topological polar surface area (TPSA) is 128 Å². The third kappa shape index (κ3) is 3.34. The lowest BCUT2D eigenvalue weighted by Crippen LogP contribution is -2.25. The molecule has 21 heavy (non-hydrogen) atoms. The highest BCUT2D eigenvalue weighted by molar-refractivity contribution is 6.00. The Balaban J connectivity index is 2.17. The number of hydrazine groups is 1. The van der Waals surface area contributed by atoms with E-state index < -0.39 is 10.8 Å². The highest BCUT2D eigenvalue weighted by Crippen LogP contribution is 2.21. The second-order valence-corrected chi connectivity index (χ2v) is 4.29. The standard InChI is InChI=1S/C12H14N6O3/c1-17-5-4-8(16-17)7-14-12(19)10-6-9(18(20)21)2-3-11(10)15-13/h2-6,15H,7,13H2,1H3,(H,14,19). The van der Waals surface area contributed by atoms with Crippen LogP contribution >= 0.6 is 0 Å². The smallest absolute Gasteiger partial charge is 0.270 e. The molecule has 0 saturated heterocycles. The van der Waals surface area contributed by atoms with Crippen LogP contribution in [0.2, 0.25) is 0 Å². The molecule has 0 atom stereocenters. The third-order valence-corrected chi connectivity index (χ3v) is 2.81. The first-order valence-electron chi connectivity index (χ1n) is 6.03. The molecule has 0 aliphatic carbocycles. The summed E-state index contributed by atoms with van der Waals surface area (Å²) in [4.78, 5) is 22.3. The molecule has 0 aliphatic rings. The fourth-order valence-corrected chi connectivity index (χ4v) is 1.78. The zero-order valence-corrected chi connectivity index (χ0v) is 11.2. The van der Waals surface area contributed by atoms with Gasteiger partial charge in [0.25, 0.3) is 11.6 Å². The van der Waals surface area contributed by atoms with E-state index in [0.29, 0.717) is 11.4 Å². The molecule has 2 rings (SSSR count). The van der Waals surface area contributed by atoms with Crippen LogP contribution in [-0.2, 0) is 13.6 Å². The minimum Gasteiger partial charge on any atom is -0.346 e. The first kappa shape index (κ1) is 14.5. The van der Waals surface area contributed by atoms with Crippen molar-refractivity contribution in [3.05, 3.63) is 51.8 Å². The van der Waals surface area contributed by atoms with E-state index in [0.717, 1.165) is 0 Å². The van der Waals surface area contributed by atoms with Crippen molar-refractivity contribution in [2.45, 2.75) is 6.54 Å². The van der Waals surface area contributed by atoms with E-state index in [9.17, 15) is 14.9 Å². The fraction of sp³-hybridized carbons (Fsp3) is 0.167.